The third-order valence-corrected chi connectivity index (χ3v) is 7.04. The molecular formula is C24H27ClFN3O2. The van der Waals surface area contributed by atoms with Gasteiger partial charge in [-0.2, -0.15) is 0 Å². The molecule has 0 aromatic heterocycles. The summed E-state index contributed by atoms with van der Waals surface area (Å²) in [7, 11) is 0. The third kappa shape index (κ3) is 4.06. The lowest BCUT2D eigenvalue weighted by atomic mass is 9.72. The van der Waals surface area contributed by atoms with E-state index >= 15 is 0 Å². The van der Waals surface area contributed by atoms with Crippen LogP contribution in [0.15, 0.2) is 47.5 Å². The number of nitrogens with zero attached hydrogens (tertiary/aromatic N) is 2. The SMILES string of the molecule is CCC1(O)CC(N2C(=O)C[C@@](C)(c3cccc(Cc4ccc(F)cc4)c3Cl)N=C2N)C1. The first-order valence-electron chi connectivity index (χ1n) is 10.6. The Hall–Kier alpha value is -2.44. The maximum atomic E-state index is 13.2. The van der Waals surface area contributed by atoms with Crippen LogP contribution in [0.3, 0.4) is 0 Å². The summed E-state index contributed by atoms with van der Waals surface area (Å²) in [5.74, 6) is -0.227. The van der Waals surface area contributed by atoms with Gasteiger partial charge in [-0.05, 0) is 61.4 Å². The molecule has 1 aliphatic carbocycles. The second-order valence-electron chi connectivity index (χ2n) is 8.91. The van der Waals surface area contributed by atoms with Crippen molar-refractivity contribution in [3.63, 3.8) is 0 Å². The summed E-state index contributed by atoms with van der Waals surface area (Å²) in [6.07, 6.45) is 2.36. The van der Waals surface area contributed by atoms with Gasteiger partial charge in [-0.1, -0.05) is 48.9 Å². The fourth-order valence-corrected chi connectivity index (χ4v) is 5.04. The molecule has 5 nitrogen and oxygen atoms in total. The maximum Gasteiger partial charge on any atom is 0.232 e. The van der Waals surface area contributed by atoms with Crippen molar-refractivity contribution in [2.24, 2.45) is 10.7 Å². The van der Waals surface area contributed by atoms with Crippen molar-refractivity contribution in [3.8, 4) is 0 Å². The lowest BCUT2D eigenvalue weighted by molar-refractivity contribution is -0.140. The van der Waals surface area contributed by atoms with Crippen LogP contribution in [0.25, 0.3) is 0 Å². The summed E-state index contributed by atoms with van der Waals surface area (Å²) in [4.78, 5) is 19.3. The highest BCUT2D eigenvalue weighted by molar-refractivity contribution is 6.32. The van der Waals surface area contributed by atoms with E-state index in [9.17, 15) is 14.3 Å². The van der Waals surface area contributed by atoms with E-state index < -0.39 is 11.1 Å². The first-order valence-corrected chi connectivity index (χ1v) is 10.9. The van der Waals surface area contributed by atoms with Gasteiger partial charge in [-0.25, -0.2) is 9.38 Å². The van der Waals surface area contributed by atoms with Crippen molar-refractivity contribution in [2.45, 2.75) is 63.1 Å². The normalized spacial score (nSPS) is 28.3. The molecular weight excluding hydrogens is 417 g/mol. The Morgan fingerprint density at radius 2 is 1.94 bits per heavy atom. The maximum absolute atomic E-state index is 13.2. The molecule has 4 rings (SSSR count). The highest BCUT2D eigenvalue weighted by Gasteiger charge is 2.49. The van der Waals surface area contributed by atoms with E-state index in [-0.39, 0.29) is 30.1 Å². The largest absolute Gasteiger partial charge is 0.390 e. The fourth-order valence-electron chi connectivity index (χ4n) is 4.64. The molecule has 0 spiro atoms. The summed E-state index contributed by atoms with van der Waals surface area (Å²) in [6.45, 7) is 3.80. The lowest BCUT2D eigenvalue weighted by Crippen LogP contribution is -2.62. The molecule has 1 fully saturated rings. The van der Waals surface area contributed by atoms with E-state index in [0.717, 1.165) is 16.7 Å². The molecule has 0 unspecified atom stereocenters. The quantitative estimate of drug-likeness (QED) is 0.729. The minimum absolute atomic E-state index is 0.113. The van der Waals surface area contributed by atoms with E-state index in [1.54, 1.807) is 12.1 Å². The Labute approximate surface area is 186 Å². The summed E-state index contributed by atoms with van der Waals surface area (Å²) in [5, 5.41) is 10.9. The van der Waals surface area contributed by atoms with Crippen molar-refractivity contribution < 1.29 is 14.3 Å². The molecule has 1 heterocycles. The molecule has 1 saturated carbocycles. The van der Waals surface area contributed by atoms with Crippen LogP contribution >= 0.6 is 11.6 Å². The monoisotopic (exact) mass is 443 g/mol. The van der Waals surface area contributed by atoms with E-state index in [1.165, 1.54) is 17.0 Å². The number of hydrogen-bond acceptors (Lipinski definition) is 4. The average molecular weight is 444 g/mol. The molecule has 0 radical (unpaired) electrons. The number of carbonyl (C=O) groups is 1. The van der Waals surface area contributed by atoms with E-state index in [0.29, 0.717) is 30.7 Å². The van der Waals surface area contributed by atoms with Gasteiger partial charge in [0, 0.05) is 11.1 Å². The van der Waals surface area contributed by atoms with Crippen LogP contribution in [0.2, 0.25) is 5.02 Å². The zero-order chi connectivity index (χ0) is 22.4. The standard InChI is InChI=1S/C24H27ClFN3O2/c1-3-24(31)12-18(13-24)29-20(30)14-23(2,28-22(29)27)19-6-4-5-16(21(19)25)11-15-7-9-17(26)10-8-15/h4-10,18,31H,3,11-14H2,1-2H3,(H2,27,28)/t18?,23-,24?/m0/s1. The second kappa shape index (κ2) is 7.92. The molecule has 0 bridgehead atoms. The summed E-state index contributed by atoms with van der Waals surface area (Å²) in [6, 6.07) is 11.9. The van der Waals surface area contributed by atoms with Gasteiger partial charge in [0.1, 0.15) is 5.82 Å². The van der Waals surface area contributed by atoms with Gasteiger partial charge in [0.05, 0.1) is 17.6 Å². The molecule has 7 heteroatoms. The van der Waals surface area contributed by atoms with Crippen LogP contribution < -0.4 is 5.73 Å². The van der Waals surface area contributed by atoms with Crippen LogP contribution in [0.1, 0.15) is 56.2 Å². The smallest absolute Gasteiger partial charge is 0.232 e. The minimum Gasteiger partial charge on any atom is -0.390 e. The minimum atomic E-state index is -0.877. The van der Waals surface area contributed by atoms with Gasteiger partial charge in [-0.15, -0.1) is 0 Å². The Bertz CT molecular complexity index is 1030. The van der Waals surface area contributed by atoms with Crippen molar-refractivity contribution in [2.75, 3.05) is 0 Å². The molecule has 1 aliphatic heterocycles. The Kier molecular flexibility index (Phi) is 5.56. The number of nitrogens with two attached hydrogens (primary N) is 1. The van der Waals surface area contributed by atoms with Crippen molar-refractivity contribution in [3.05, 3.63) is 70.0 Å². The molecule has 31 heavy (non-hydrogen) atoms. The molecule has 3 N–H and O–H groups in total. The zero-order valence-corrected chi connectivity index (χ0v) is 18.5. The Morgan fingerprint density at radius 1 is 1.26 bits per heavy atom. The summed E-state index contributed by atoms with van der Waals surface area (Å²) < 4.78 is 13.2. The van der Waals surface area contributed by atoms with Gasteiger partial charge in [0.25, 0.3) is 0 Å². The number of guanidine groups is 1. The van der Waals surface area contributed by atoms with Gasteiger partial charge in [0.15, 0.2) is 5.96 Å². The number of carbonyl (C=O) groups excluding carboxylic acids is 1. The van der Waals surface area contributed by atoms with Gasteiger partial charge >= 0.3 is 0 Å². The van der Waals surface area contributed by atoms with E-state index in [4.69, 9.17) is 22.3 Å². The number of hydrogen-bond donors (Lipinski definition) is 2. The van der Waals surface area contributed by atoms with Gasteiger partial charge in [-0.3, -0.25) is 9.69 Å². The molecule has 0 saturated heterocycles. The van der Waals surface area contributed by atoms with Crippen LogP contribution in [0.5, 0.6) is 0 Å². The Balaban J connectivity index is 1.60. The molecule has 164 valence electrons. The van der Waals surface area contributed by atoms with Crippen molar-refractivity contribution >= 4 is 23.5 Å². The van der Waals surface area contributed by atoms with Crippen molar-refractivity contribution in [1.82, 2.24) is 4.90 Å². The predicted molar refractivity (Wildman–Crippen MR) is 119 cm³/mol. The Morgan fingerprint density at radius 3 is 2.55 bits per heavy atom. The van der Waals surface area contributed by atoms with Crippen molar-refractivity contribution in [1.29, 1.82) is 0 Å². The number of aliphatic hydroxyl groups is 1. The molecule has 2 aliphatic rings. The van der Waals surface area contributed by atoms with E-state index in [1.807, 2.05) is 32.0 Å². The van der Waals surface area contributed by atoms with Crippen LogP contribution in [0, 0.1) is 5.82 Å². The average Bonchev–Trinajstić information content (AvgIpc) is 2.69. The fraction of sp³-hybridized carbons (Fsp3) is 0.417. The second-order valence-corrected chi connectivity index (χ2v) is 9.28. The van der Waals surface area contributed by atoms with E-state index in [2.05, 4.69) is 0 Å². The zero-order valence-electron chi connectivity index (χ0n) is 17.7. The van der Waals surface area contributed by atoms with Gasteiger partial charge < -0.3 is 10.8 Å². The topological polar surface area (TPSA) is 78.9 Å². The van der Waals surface area contributed by atoms with Gasteiger partial charge in [0.2, 0.25) is 5.91 Å². The summed E-state index contributed by atoms with van der Waals surface area (Å²) in [5.41, 5.74) is 7.20. The highest BCUT2D eigenvalue weighted by atomic mass is 35.5. The molecule has 2 aromatic rings. The molecule has 2 aromatic carbocycles. The molecule has 1 atom stereocenters. The first kappa shape index (κ1) is 21.8. The lowest BCUT2D eigenvalue weighted by Gasteiger charge is -2.49. The molecule has 1 amide bonds. The third-order valence-electron chi connectivity index (χ3n) is 6.59. The first-order chi connectivity index (χ1) is 14.6. The number of halogens is 2. The number of amides is 1. The van der Waals surface area contributed by atoms with Crippen LogP contribution in [-0.2, 0) is 16.8 Å². The number of aliphatic imine (C=N–C) groups is 1. The predicted octanol–water partition coefficient (Wildman–Crippen LogP) is 4.14. The number of benzene rings is 2. The van der Waals surface area contributed by atoms with Crippen LogP contribution in [0.4, 0.5) is 4.39 Å². The van der Waals surface area contributed by atoms with Crippen LogP contribution in [-0.4, -0.2) is 33.5 Å². The number of rotatable bonds is 5. The highest BCUT2D eigenvalue weighted by Crippen LogP contribution is 2.43. The summed E-state index contributed by atoms with van der Waals surface area (Å²) >= 11 is 6.76.